The van der Waals surface area contributed by atoms with Gasteiger partial charge in [0.15, 0.2) is 0 Å². The van der Waals surface area contributed by atoms with Crippen LogP contribution in [-0.2, 0) is 11.2 Å². The summed E-state index contributed by atoms with van der Waals surface area (Å²) < 4.78 is 0. The van der Waals surface area contributed by atoms with E-state index in [1.807, 2.05) is 24.3 Å². The third-order valence-corrected chi connectivity index (χ3v) is 2.94. The number of carbonyl (C=O) groups excluding carboxylic acids is 1. The molecule has 0 heterocycles. The molecule has 0 aliphatic carbocycles. The van der Waals surface area contributed by atoms with Gasteiger partial charge in [0.2, 0.25) is 5.91 Å². The highest BCUT2D eigenvalue weighted by molar-refractivity contribution is 7.80. The maximum absolute atomic E-state index is 11.6. The van der Waals surface area contributed by atoms with E-state index in [1.165, 1.54) is 0 Å². The van der Waals surface area contributed by atoms with Crippen molar-refractivity contribution in [2.24, 2.45) is 5.92 Å². The van der Waals surface area contributed by atoms with Gasteiger partial charge in [-0.1, -0.05) is 32.4 Å². The minimum absolute atomic E-state index is 0.0900. The molecule has 0 bridgehead atoms. The second kappa shape index (κ2) is 6.59. The highest BCUT2D eigenvalue weighted by Crippen LogP contribution is 2.08. The fourth-order valence-electron chi connectivity index (χ4n) is 1.29. The Morgan fingerprint density at radius 2 is 2.00 bits per heavy atom. The number of hydrogen-bond donors (Lipinski definition) is 2. The summed E-state index contributed by atoms with van der Waals surface area (Å²) in [5.74, 6) is 0.635. The lowest BCUT2D eigenvalue weighted by Gasteiger charge is -2.10. The number of amides is 1. The fraction of sp³-hybridized carbons (Fsp3) is 0.462. The summed E-state index contributed by atoms with van der Waals surface area (Å²) in [7, 11) is 0. The van der Waals surface area contributed by atoms with Crippen molar-refractivity contribution in [1.82, 2.24) is 5.32 Å². The maximum Gasteiger partial charge on any atom is 0.224 e. The third-order valence-electron chi connectivity index (χ3n) is 2.65. The van der Waals surface area contributed by atoms with Crippen molar-refractivity contribution in [3.05, 3.63) is 29.8 Å². The van der Waals surface area contributed by atoms with Crippen molar-refractivity contribution in [2.75, 3.05) is 6.54 Å². The van der Waals surface area contributed by atoms with Crippen molar-refractivity contribution in [3.63, 3.8) is 0 Å². The molecule has 0 spiro atoms. The van der Waals surface area contributed by atoms with Gasteiger partial charge in [-0.3, -0.25) is 4.79 Å². The van der Waals surface area contributed by atoms with Crippen LogP contribution in [0.5, 0.6) is 0 Å². The monoisotopic (exact) mass is 237 g/mol. The number of carbonyl (C=O) groups is 1. The predicted octanol–water partition coefficient (Wildman–Crippen LogP) is 2.68. The van der Waals surface area contributed by atoms with E-state index in [0.29, 0.717) is 12.3 Å². The Hall–Kier alpha value is -0.960. The van der Waals surface area contributed by atoms with E-state index in [4.69, 9.17) is 0 Å². The summed E-state index contributed by atoms with van der Waals surface area (Å²) in [6.45, 7) is 5.03. The van der Waals surface area contributed by atoms with E-state index >= 15 is 0 Å². The Kier molecular flexibility index (Phi) is 5.39. The quantitative estimate of drug-likeness (QED) is 0.757. The summed E-state index contributed by atoms with van der Waals surface area (Å²) in [5, 5.41) is 2.94. The van der Waals surface area contributed by atoms with Gasteiger partial charge in [0.1, 0.15) is 0 Å². The molecule has 0 saturated carbocycles. The zero-order valence-electron chi connectivity index (χ0n) is 9.86. The van der Waals surface area contributed by atoms with Gasteiger partial charge in [0, 0.05) is 11.4 Å². The molecule has 1 atom stereocenters. The number of benzene rings is 1. The van der Waals surface area contributed by atoms with Gasteiger partial charge in [-0.2, -0.15) is 0 Å². The Bertz CT molecular complexity index is 334. The summed E-state index contributed by atoms with van der Waals surface area (Å²) >= 11 is 4.20. The van der Waals surface area contributed by atoms with Crippen LogP contribution in [0.1, 0.15) is 25.8 Å². The van der Waals surface area contributed by atoms with Crippen LogP contribution in [-0.4, -0.2) is 12.5 Å². The van der Waals surface area contributed by atoms with Gasteiger partial charge >= 0.3 is 0 Å². The van der Waals surface area contributed by atoms with Gasteiger partial charge in [-0.15, -0.1) is 12.6 Å². The second-order valence-corrected chi connectivity index (χ2v) is 4.68. The zero-order valence-corrected chi connectivity index (χ0v) is 10.8. The van der Waals surface area contributed by atoms with Crippen LogP contribution in [0.25, 0.3) is 0 Å². The predicted molar refractivity (Wildman–Crippen MR) is 69.9 cm³/mol. The van der Waals surface area contributed by atoms with Crippen molar-refractivity contribution in [2.45, 2.75) is 31.6 Å². The average molecular weight is 237 g/mol. The minimum Gasteiger partial charge on any atom is -0.356 e. The number of hydrogen-bond acceptors (Lipinski definition) is 2. The molecule has 0 aliphatic rings. The van der Waals surface area contributed by atoms with E-state index in [9.17, 15) is 4.79 Å². The fourth-order valence-corrected chi connectivity index (χ4v) is 1.44. The zero-order chi connectivity index (χ0) is 12.0. The molecule has 2 nitrogen and oxygen atoms in total. The molecule has 0 saturated heterocycles. The standard InChI is InChI=1S/C13H19NOS/c1-3-10(2)9-14-13(15)8-11-4-6-12(16)7-5-11/h4-7,10,16H,3,8-9H2,1-2H3,(H,14,15). The third kappa shape index (κ3) is 4.71. The molecule has 0 radical (unpaired) electrons. The largest absolute Gasteiger partial charge is 0.356 e. The van der Waals surface area contributed by atoms with Crippen molar-refractivity contribution < 1.29 is 4.79 Å². The number of thiol groups is 1. The van der Waals surface area contributed by atoms with Crippen molar-refractivity contribution in [1.29, 1.82) is 0 Å². The molecule has 0 aliphatic heterocycles. The number of rotatable bonds is 5. The van der Waals surface area contributed by atoms with E-state index in [1.54, 1.807) is 0 Å². The second-order valence-electron chi connectivity index (χ2n) is 4.16. The molecule has 16 heavy (non-hydrogen) atoms. The lowest BCUT2D eigenvalue weighted by molar-refractivity contribution is -0.120. The van der Waals surface area contributed by atoms with Gasteiger partial charge in [0.05, 0.1) is 6.42 Å². The smallest absolute Gasteiger partial charge is 0.224 e. The normalized spacial score (nSPS) is 12.2. The first-order valence-corrected chi connectivity index (χ1v) is 6.11. The lowest BCUT2D eigenvalue weighted by Crippen LogP contribution is -2.29. The van der Waals surface area contributed by atoms with Crippen molar-refractivity contribution >= 4 is 18.5 Å². The molecule has 1 aromatic rings. The molecular formula is C13H19NOS. The SMILES string of the molecule is CCC(C)CNC(=O)Cc1ccc(S)cc1. The molecule has 1 unspecified atom stereocenters. The summed E-state index contributed by atoms with van der Waals surface area (Å²) in [6, 6.07) is 7.68. The van der Waals surface area contributed by atoms with Gasteiger partial charge < -0.3 is 5.32 Å². The Morgan fingerprint density at radius 1 is 1.38 bits per heavy atom. The molecule has 1 amide bonds. The lowest BCUT2D eigenvalue weighted by atomic mass is 10.1. The highest BCUT2D eigenvalue weighted by Gasteiger charge is 2.04. The average Bonchev–Trinajstić information content (AvgIpc) is 2.29. The van der Waals surface area contributed by atoms with Crippen LogP contribution in [0.4, 0.5) is 0 Å². The summed E-state index contributed by atoms with van der Waals surface area (Å²) in [5.41, 5.74) is 1.03. The van der Waals surface area contributed by atoms with E-state index in [-0.39, 0.29) is 5.91 Å². The Morgan fingerprint density at radius 3 is 2.56 bits per heavy atom. The molecule has 88 valence electrons. The van der Waals surface area contributed by atoms with Crippen LogP contribution in [0, 0.1) is 5.92 Å². The molecule has 1 N–H and O–H groups in total. The first-order chi connectivity index (χ1) is 7.61. The molecule has 1 aromatic carbocycles. The first kappa shape index (κ1) is 13.1. The molecule has 0 aromatic heterocycles. The van der Waals surface area contributed by atoms with Crippen LogP contribution in [0.3, 0.4) is 0 Å². The molecule has 0 fully saturated rings. The minimum atomic E-state index is 0.0900. The van der Waals surface area contributed by atoms with Crippen LogP contribution in [0.2, 0.25) is 0 Å². The molecular weight excluding hydrogens is 218 g/mol. The summed E-state index contributed by atoms with van der Waals surface area (Å²) in [4.78, 5) is 12.5. The number of nitrogens with one attached hydrogen (secondary N) is 1. The maximum atomic E-state index is 11.6. The topological polar surface area (TPSA) is 29.1 Å². The van der Waals surface area contributed by atoms with Gasteiger partial charge in [-0.05, 0) is 23.6 Å². The first-order valence-electron chi connectivity index (χ1n) is 5.66. The van der Waals surface area contributed by atoms with Crippen molar-refractivity contribution in [3.8, 4) is 0 Å². The van der Waals surface area contributed by atoms with Crippen LogP contribution >= 0.6 is 12.6 Å². The van der Waals surface area contributed by atoms with E-state index < -0.39 is 0 Å². The molecule has 3 heteroatoms. The van der Waals surface area contributed by atoms with E-state index in [0.717, 1.165) is 23.4 Å². The Labute approximate surface area is 103 Å². The van der Waals surface area contributed by atoms with E-state index in [2.05, 4.69) is 31.8 Å². The highest BCUT2D eigenvalue weighted by atomic mass is 32.1. The Balaban J connectivity index is 2.37. The summed E-state index contributed by atoms with van der Waals surface area (Å²) in [6.07, 6.45) is 1.54. The molecule has 1 rings (SSSR count). The van der Waals surface area contributed by atoms with Crippen LogP contribution < -0.4 is 5.32 Å². The van der Waals surface area contributed by atoms with Crippen LogP contribution in [0.15, 0.2) is 29.2 Å². The van der Waals surface area contributed by atoms with Gasteiger partial charge in [0.25, 0.3) is 0 Å². The van der Waals surface area contributed by atoms with Gasteiger partial charge in [-0.25, -0.2) is 0 Å².